The molecular formula is C22H23BrN2O. The average Bonchev–Trinajstić information content (AvgIpc) is 2.72. The highest BCUT2D eigenvalue weighted by Crippen LogP contribution is 2.45. The first-order chi connectivity index (χ1) is 12.3. The van der Waals surface area contributed by atoms with Crippen LogP contribution in [0.4, 0.5) is 11.4 Å². The highest BCUT2D eigenvalue weighted by molar-refractivity contribution is 9.10. The summed E-state index contributed by atoms with van der Waals surface area (Å²) >= 11 is 3.64. The molecule has 0 radical (unpaired) electrons. The molecule has 3 nitrogen and oxygen atoms in total. The highest BCUT2D eigenvalue weighted by atomic mass is 79.9. The predicted octanol–water partition coefficient (Wildman–Crippen LogP) is 5.98. The summed E-state index contributed by atoms with van der Waals surface area (Å²) in [6.45, 7) is 6.40. The second kappa shape index (κ2) is 6.27. The molecule has 0 saturated heterocycles. The van der Waals surface area contributed by atoms with Gasteiger partial charge in [0.2, 0.25) is 0 Å². The number of aryl methyl sites for hydroxylation is 1. The molecule has 2 N–H and O–H groups in total. The summed E-state index contributed by atoms with van der Waals surface area (Å²) in [6, 6.07) is 14.4. The fraction of sp³-hybridized carbons (Fsp3) is 0.318. The number of allylic oxidation sites excluding steroid dienone is 1. The Balaban J connectivity index is 1.89. The number of para-hydroxylation sites is 2. The number of fused-ring (bicyclic) bond motifs is 1. The molecule has 0 aromatic heterocycles. The number of carbonyl (C=O) groups is 1. The van der Waals surface area contributed by atoms with E-state index < -0.39 is 0 Å². The van der Waals surface area contributed by atoms with Crippen molar-refractivity contribution in [1.82, 2.24) is 0 Å². The van der Waals surface area contributed by atoms with Crippen LogP contribution in [0.3, 0.4) is 0 Å². The van der Waals surface area contributed by atoms with E-state index in [4.69, 9.17) is 0 Å². The molecule has 1 atom stereocenters. The fourth-order valence-corrected chi connectivity index (χ4v) is 4.32. The topological polar surface area (TPSA) is 41.1 Å². The summed E-state index contributed by atoms with van der Waals surface area (Å²) in [5.74, 6) is 0.228. The number of hydrogen-bond acceptors (Lipinski definition) is 3. The zero-order valence-corrected chi connectivity index (χ0v) is 16.9. The standard InChI is InChI=1S/C22H23BrN2O/c1-13-8-9-14(10-15(13)23)21-20-18(11-22(2,3)12-19(20)26)24-16-6-4-5-7-17(16)25-21/h4-10,21,24-25H,11-12H2,1-3H3. The van der Waals surface area contributed by atoms with Crippen LogP contribution in [0.25, 0.3) is 0 Å². The molecule has 0 spiro atoms. The lowest BCUT2D eigenvalue weighted by Gasteiger charge is -2.34. The lowest BCUT2D eigenvalue weighted by Crippen LogP contribution is -2.31. The molecule has 0 saturated carbocycles. The second-order valence-electron chi connectivity index (χ2n) is 8.09. The van der Waals surface area contributed by atoms with E-state index in [2.05, 4.69) is 77.7 Å². The van der Waals surface area contributed by atoms with Crippen molar-refractivity contribution in [2.75, 3.05) is 10.6 Å². The number of hydrogen-bond donors (Lipinski definition) is 2. The van der Waals surface area contributed by atoms with Crippen molar-refractivity contribution in [2.45, 2.75) is 39.7 Å². The molecule has 4 rings (SSSR count). The van der Waals surface area contributed by atoms with Crippen molar-refractivity contribution in [3.8, 4) is 0 Å². The quantitative estimate of drug-likeness (QED) is 0.607. The maximum absolute atomic E-state index is 13.1. The van der Waals surface area contributed by atoms with Gasteiger partial charge in [-0.25, -0.2) is 0 Å². The zero-order chi connectivity index (χ0) is 18.5. The molecule has 2 aromatic rings. The van der Waals surface area contributed by atoms with Gasteiger partial charge >= 0.3 is 0 Å². The van der Waals surface area contributed by atoms with Gasteiger partial charge in [-0.05, 0) is 48.1 Å². The summed E-state index contributed by atoms with van der Waals surface area (Å²) in [5, 5.41) is 7.18. The maximum Gasteiger partial charge on any atom is 0.163 e. The van der Waals surface area contributed by atoms with Crippen LogP contribution in [0.5, 0.6) is 0 Å². The van der Waals surface area contributed by atoms with E-state index in [0.29, 0.717) is 6.42 Å². The van der Waals surface area contributed by atoms with Crippen molar-refractivity contribution in [3.05, 3.63) is 69.3 Å². The summed E-state index contributed by atoms with van der Waals surface area (Å²) in [7, 11) is 0. The third kappa shape index (κ3) is 3.07. The first-order valence-electron chi connectivity index (χ1n) is 8.99. The molecule has 4 heteroatoms. The number of rotatable bonds is 1. The third-order valence-electron chi connectivity index (χ3n) is 5.25. The molecule has 1 unspecified atom stereocenters. The second-order valence-corrected chi connectivity index (χ2v) is 8.94. The molecule has 1 aliphatic heterocycles. The Labute approximate surface area is 163 Å². The van der Waals surface area contributed by atoms with Gasteiger partial charge in [-0.1, -0.05) is 54.0 Å². The summed E-state index contributed by atoms with van der Waals surface area (Å²) < 4.78 is 1.06. The molecule has 1 aliphatic carbocycles. The lowest BCUT2D eigenvalue weighted by atomic mass is 9.73. The normalized spacial score (nSPS) is 21.2. The van der Waals surface area contributed by atoms with Crippen LogP contribution in [0.2, 0.25) is 0 Å². The van der Waals surface area contributed by atoms with Gasteiger partial charge in [0.25, 0.3) is 0 Å². The van der Waals surface area contributed by atoms with E-state index in [-0.39, 0.29) is 17.2 Å². The van der Waals surface area contributed by atoms with Gasteiger partial charge in [-0.3, -0.25) is 4.79 Å². The number of nitrogens with one attached hydrogen (secondary N) is 2. The van der Waals surface area contributed by atoms with E-state index in [0.717, 1.165) is 39.1 Å². The molecule has 0 amide bonds. The molecule has 26 heavy (non-hydrogen) atoms. The van der Waals surface area contributed by atoms with Gasteiger partial charge in [-0.15, -0.1) is 0 Å². The first-order valence-corrected chi connectivity index (χ1v) is 9.78. The van der Waals surface area contributed by atoms with E-state index >= 15 is 0 Å². The number of benzene rings is 2. The Morgan fingerprint density at radius 2 is 1.81 bits per heavy atom. The molecule has 134 valence electrons. The largest absolute Gasteiger partial charge is 0.372 e. The number of carbonyl (C=O) groups excluding carboxylic acids is 1. The van der Waals surface area contributed by atoms with Crippen LogP contribution in [0.1, 0.15) is 43.9 Å². The number of halogens is 1. The van der Waals surface area contributed by atoms with Crippen molar-refractivity contribution in [3.63, 3.8) is 0 Å². The van der Waals surface area contributed by atoms with Crippen LogP contribution in [0, 0.1) is 12.3 Å². The first kappa shape index (κ1) is 17.3. The van der Waals surface area contributed by atoms with Crippen molar-refractivity contribution < 1.29 is 4.79 Å². The molecular weight excluding hydrogens is 388 g/mol. The van der Waals surface area contributed by atoms with E-state index in [9.17, 15) is 4.79 Å². The van der Waals surface area contributed by atoms with Crippen LogP contribution in [0.15, 0.2) is 58.2 Å². The zero-order valence-electron chi connectivity index (χ0n) is 15.3. The Morgan fingerprint density at radius 3 is 2.54 bits per heavy atom. The minimum atomic E-state index is -0.151. The molecule has 2 aromatic carbocycles. The Kier molecular flexibility index (Phi) is 4.19. The summed E-state index contributed by atoms with van der Waals surface area (Å²) in [4.78, 5) is 13.1. The van der Waals surface area contributed by atoms with Gasteiger partial charge in [0.05, 0.1) is 17.4 Å². The Morgan fingerprint density at radius 1 is 1.08 bits per heavy atom. The Bertz CT molecular complexity index is 929. The van der Waals surface area contributed by atoms with Crippen LogP contribution in [-0.2, 0) is 4.79 Å². The minimum Gasteiger partial charge on any atom is -0.372 e. The van der Waals surface area contributed by atoms with Crippen LogP contribution in [-0.4, -0.2) is 5.78 Å². The van der Waals surface area contributed by atoms with Gasteiger partial charge in [0.1, 0.15) is 0 Å². The lowest BCUT2D eigenvalue weighted by molar-refractivity contribution is -0.118. The van der Waals surface area contributed by atoms with Gasteiger partial charge in [0, 0.05) is 22.2 Å². The van der Waals surface area contributed by atoms with Crippen molar-refractivity contribution in [1.29, 1.82) is 0 Å². The van der Waals surface area contributed by atoms with Gasteiger partial charge in [-0.2, -0.15) is 0 Å². The van der Waals surface area contributed by atoms with Gasteiger partial charge < -0.3 is 10.6 Å². The van der Waals surface area contributed by atoms with E-state index in [1.807, 2.05) is 12.1 Å². The predicted molar refractivity (Wildman–Crippen MR) is 110 cm³/mol. The number of ketones is 1. The average molecular weight is 411 g/mol. The monoisotopic (exact) mass is 410 g/mol. The van der Waals surface area contributed by atoms with Crippen LogP contribution < -0.4 is 10.6 Å². The summed E-state index contributed by atoms with van der Waals surface area (Å²) in [5.41, 5.74) is 6.23. The summed E-state index contributed by atoms with van der Waals surface area (Å²) in [6.07, 6.45) is 1.45. The maximum atomic E-state index is 13.1. The van der Waals surface area contributed by atoms with Crippen molar-refractivity contribution in [2.24, 2.45) is 5.41 Å². The Hall–Kier alpha value is -2.07. The van der Waals surface area contributed by atoms with E-state index in [1.165, 1.54) is 5.56 Å². The molecule has 0 bridgehead atoms. The molecule has 2 aliphatic rings. The smallest absolute Gasteiger partial charge is 0.163 e. The van der Waals surface area contributed by atoms with Gasteiger partial charge in [0.15, 0.2) is 5.78 Å². The van der Waals surface area contributed by atoms with Crippen molar-refractivity contribution >= 4 is 33.1 Å². The SMILES string of the molecule is Cc1ccc(C2Nc3ccccc3NC3=C2C(=O)CC(C)(C)C3)cc1Br. The van der Waals surface area contributed by atoms with Crippen LogP contribution >= 0.6 is 15.9 Å². The third-order valence-corrected chi connectivity index (χ3v) is 6.10. The van der Waals surface area contributed by atoms with E-state index in [1.54, 1.807) is 0 Å². The molecule has 0 fully saturated rings. The molecule has 1 heterocycles. The minimum absolute atomic E-state index is 0.0272. The number of Topliss-reactive ketones (excluding diaryl/α,β-unsaturated/α-hetero) is 1. The highest BCUT2D eigenvalue weighted by Gasteiger charge is 2.38. The number of anilines is 2. The fourth-order valence-electron chi connectivity index (χ4n) is 3.93.